The van der Waals surface area contributed by atoms with Gasteiger partial charge in [0.05, 0.1) is 10.7 Å². The first-order chi connectivity index (χ1) is 8.58. The summed E-state index contributed by atoms with van der Waals surface area (Å²) in [5.74, 6) is -0.290. The molecule has 0 saturated carbocycles. The van der Waals surface area contributed by atoms with Gasteiger partial charge in [-0.3, -0.25) is 0 Å². The average molecular weight is 331 g/mol. The van der Waals surface area contributed by atoms with Gasteiger partial charge in [0.2, 0.25) is 0 Å². The van der Waals surface area contributed by atoms with Gasteiger partial charge in [-0.1, -0.05) is 23.7 Å². The Morgan fingerprint density at radius 1 is 1.28 bits per heavy atom. The lowest BCUT2D eigenvalue weighted by molar-refractivity contribution is 0.475. The molecule has 0 aromatic heterocycles. The zero-order valence-corrected chi connectivity index (χ0v) is 11.6. The van der Waals surface area contributed by atoms with Crippen LogP contribution in [0.15, 0.2) is 40.9 Å². The van der Waals surface area contributed by atoms with Gasteiger partial charge in [-0.05, 0) is 45.8 Å². The molecule has 0 aliphatic carbocycles. The minimum atomic E-state index is -0.325. The lowest BCUT2D eigenvalue weighted by Crippen LogP contribution is -2.02. The zero-order chi connectivity index (χ0) is 13.1. The first-order valence-electron chi connectivity index (χ1n) is 5.23. The fourth-order valence-corrected chi connectivity index (χ4v) is 2.20. The van der Waals surface area contributed by atoms with Crippen molar-refractivity contribution in [3.8, 4) is 5.75 Å². The van der Waals surface area contributed by atoms with E-state index in [1.807, 2.05) is 0 Å². The number of rotatable bonds is 3. The number of nitrogens with one attached hydrogen (secondary N) is 1. The highest BCUT2D eigenvalue weighted by Crippen LogP contribution is 2.27. The van der Waals surface area contributed by atoms with Crippen LogP contribution < -0.4 is 5.32 Å². The Morgan fingerprint density at radius 3 is 2.72 bits per heavy atom. The molecule has 0 fully saturated rings. The molecule has 0 radical (unpaired) electrons. The number of hydrogen-bond acceptors (Lipinski definition) is 2. The zero-order valence-electron chi connectivity index (χ0n) is 9.25. The molecule has 5 heteroatoms. The van der Waals surface area contributed by atoms with Crippen molar-refractivity contribution in [3.63, 3.8) is 0 Å². The highest BCUT2D eigenvalue weighted by Gasteiger charge is 2.06. The Bertz CT molecular complexity index is 557. The second kappa shape index (κ2) is 5.59. The highest BCUT2D eigenvalue weighted by atomic mass is 79.9. The van der Waals surface area contributed by atoms with Crippen LogP contribution >= 0.6 is 27.5 Å². The largest absolute Gasteiger partial charge is 0.506 e. The van der Waals surface area contributed by atoms with E-state index < -0.39 is 0 Å². The van der Waals surface area contributed by atoms with Gasteiger partial charge in [0.15, 0.2) is 0 Å². The van der Waals surface area contributed by atoms with Crippen LogP contribution in [0.3, 0.4) is 0 Å². The quantitative estimate of drug-likeness (QED) is 0.864. The van der Waals surface area contributed by atoms with E-state index in [9.17, 15) is 9.50 Å². The summed E-state index contributed by atoms with van der Waals surface area (Å²) < 4.78 is 14.2. The maximum atomic E-state index is 13.5. The number of halogens is 3. The Balaban J connectivity index is 2.14. The molecule has 2 nitrogen and oxygen atoms in total. The molecule has 2 aromatic rings. The van der Waals surface area contributed by atoms with Gasteiger partial charge in [-0.25, -0.2) is 4.39 Å². The first-order valence-corrected chi connectivity index (χ1v) is 6.40. The summed E-state index contributed by atoms with van der Waals surface area (Å²) in [6.45, 7) is 0.416. The van der Waals surface area contributed by atoms with Crippen molar-refractivity contribution < 1.29 is 9.50 Å². The molecule has 18 heavy (non-hydrogen) atoms. The third-order valence-corrected chi connectivity index (χ3v) is 3.41. The summed E-state index contributed by atoms with van der Waals surface area (Å²) in [5, 5.41) is 12.6. The van der Waals surface area contributed by atoms with E-state index in [0.717, 1.165) is 5.56 Å². The third kappa shape index (κ3) is 2.94. The molecule has 0 aliphatic heterocycles. The molecule has 2 N–H and O–H groups in total. The van der Waals surface area contributed by atoms with E-state index in [1.54, 1.807) is 24.3 Å². The second-order valence-electron chi connectivity index (χ2n) is 3.74. The van der Waals surface area contributed by atoms with E-state index in [1.165, 1.54) is 12.1 Å². The summed E-state index contributed by atoms with van der Waals surface area (Å²) in [6.07, 6.45) is 0. The third-order valence-electron chi connectivity index (χ3n) is 2.44. The van der Waals surface area contributed by atoms with Gasteiger partial charge >= 0.3 is 0 Å². The van der Waals surface area contributed by atoms with E-state index in [4.69, 9.17) is 11.6 Å². The van der Waals surface area contributed by atoms with Crippen molar-refractivity contribution in [2.75, 3.05) is 5.32 Å². The van der Waals surface area contributed by atoms with Crippen LogP contribution in [-0.2, 0) is 6.54 Å². The molecule has 0 unspecified atom stereocenters. The minimum Gasteiger partial charge on any atom is -0.506 e. The van der Waals surface area contributed by atoms with E-state index >= 15 is 0 Å². The van der Waals surface area contributed by atoms with E-state index in [0.29, 0.717) is 16.7 Å². The van der Waals surface area contributed by atoms with Crippen LogP contribution in [0.4, 0.5) is 10.1 Å². The van der Waals surface area contributed by atoms with Gasteiger partial charge in [-0.15, -0.1) is 0 Å². The van der Waals surface area contributed by atoms with E-state index in [-0.39, 0.29) is 16.6 Å². The Labute approximate surface area is 118 Å². The van der Waals surface area contributed by atoms with Gasteiger partial charge in [0.1, 0.15) is 11.6 Å². The smallest absolute Gasteiger partial charge is 0.147 e. The molecular weight excluding hydrogens is 321 g/mol. The van der Waals surface area contributed by atoms with Gasteiger partial charge in [-0.2, -0.15) is 0 Å². The minimum absolute atomic E-state index is 0.0347. The molecular formula is C13H10BrClFNO. The normalized spacial score (nSPS) is 10.4. The van der Waals surface area contributed by atoms with Crippen molar-refractivity contribution >= 4 is 33.2 Å². The Kier molecular flexibility index (Phi) is 4.09. The molecule has 0 heterocycles. The first kappa shape index (κ1) is 13.2. The molecule has 0 aliphatic rings. The number of anilines is 1. The monoisotopic (exact) mass is 329 g/mol. The van der Waals surface area contributed by atoms with Crippen molar-refractivity contribution in [1.82, 2.24) is 0 Å². The molecule has 0 amide bonds. The van der Waals surface area contributed by atoms with Gasteiger partial charge in [0, 0.05) is 11.0 Å². The Hall–Kier alpha value is -1.26. The number of para-hydroxylation sites is 1. The summed E-state index contributed by atoms with van der Waals surface area (Å²) in [4.78, 5) is 0. The van der Waals surface area contributed by atoms with Crippen molar-refractivity contribution in [3.05, 3.63) is 57.3 Å². The standard InChI is InChI=1S/C13H10BrClFNO/c14-9-2-1-3-11(16)13(9)17-7-8-4-5-12(18)10(15)6-8/h1-6,17-18H,7H2. The summed E-state index contributed by atoms with van der Waals surface area (Å²) >= 11 is 9.08. The van der Waals surface area contributed by atoms with E-state index in [2.05, 4.69) is 21.2 Å². The van der Waals surface area contributed by atoms with Gasteiger partial charge in [0.25, 0.3) is 0 Å². The molecule has 0 saturated heterocycles. The molecule has 0 spiro atoms. The fraction of sp³-hybridized carbons (Fsp3) is 0.0769. The van der Waals surface area contributed by atoms with Crippen LogP contribution in [-0.4, -0.2) is 5.11 Å². The SMILES string of the molecule is Oc1ccc(CNc2c(F)cccc2Br)cc1Cl. The lowest BCUT2D eigenvalue weighted by atomic mass is 10.2. The maximum absolute atomic E-state index is 13.5. The fourth-order valence-electron chi connectivity index (χ4n) is 1.52. The Morgan fingerprint density at radius 2 is 2.06 bits per heavy atom. The van der Waals surface area contributed by atoms with Crippen LogP contribution in [0.25, 0.3) is 0 Å². The molecule has 94 valence electrons. The predicted molar refractivity (Wildman–Crippen MR) is 74.5 cm³/mol. The predicted octanol–water partition coefficient (Wildman–Crippen LogP) is 4.56. The number of aromatic hydroxyl groups is 1. The summed E-state index contributed by atoms with van der Waals surface area (Å²) in [7, 11) is 0. The highest BCUT2D eigenvalue weighted by molar-refractivity contribution is 9.10. The molecule has 2 rings (SSSR count). The van der Waals surface area contributed by atoms with Crippen molar-refractivity contribution in [1.29, 1.82) is 0 Å². The van der Waals surface area contributed by atoms with Crippen LogP contribution in [0.5, 0.6) is 5.75 Å². The molecule has 2 aromatic carbocycles. The second-order valence-corrected chi connectivity index (χ2v) is 5.00. The topological polar surface area (TPSA) is 32.3 Å². The van der Waals surface area contributed by atoms with Crippen LogP contribution in [0, 0.1) is 5.82 Å². The van der Waals surface area contributed by atoms with Crippen LogP contribution in [0.1, 0.15) is 5.56 Å². The molecule has 0 bridgehead atoms. The maximum Gasteiger partial charge on any atom is 0.147 e. The summed E-state index contributed by atoms with van der Waals surface area (Å²) in [6, 6.07) is 9.64. The van der Waals surface area contributed by atoms with Crippen molar-refractivity contribution in [2.45, 2.75) is 6.54 Å². The van der Waals surface area contributed by atoms with Gasteiger partial charge < -0.3 is 10.4 Å². The number of phenolic OH excluding ortho intramolecular Hbond substituents is 1. The number of benzene rings is 2. The summed E-state index contributed by atoms with van der Waals surface area (Å²) in [5.41, 5.74) is 1.26. The molecule has 0 atom stereocenters. The van der Waals surface area contributed by atoms with Crippen molar-refractivity contribution in [2.24, 2.45) is 0 Å². The number of hydrogen-bond donors (Lipinski definition) is 2. The average Bonchev–Trinajstić information content (AvgIpc) is 2.33. The lowest BCUT2D eigenvalue weighted by Gasteiger charge is -2.10. The van der Waals surface area contributed by atoms with Crippen LogP contribution in [0.2, 0.25) is 5.02 Å². The number of phenols is 1.